The summed E-state index contributed by atoms with van der Waals surface area (Å²) in [5.41, 5.74) is 1.01. The monoisotopic (exact) mass is 331 g/mol. The largest absolute Gasteiger partial charge is 0.389 e. The topological polar surface area (TPSA) is 23.5 Å². The van der Waals surface area contributed by atoms with Crippen LogP contribution in [0.4, 0.5) is 0 Å². The number of halogens is 1. The lowest BCUT2D eigenvalue weighted by molar-refractivity contribution is 0.196. The minimum absolute atomic E-state index is 0.418. The molecule has 0 bridgehead atoms. The summed E-state index contributed by atoms with van der Waals surface area (Å²) in [6.07, 6.45) is -0.418. The number of aliphatic hydroxyl groups is 1. The molecule has 2 nitrogen and oxygen atoms in total. The van der Waals surface area contributed by atoms with Crippen LogP contribution in [0.2, 0.25) is 0 Å². The number of rotatable bonds is 7. The van der Waals surface area contributed by atoms with Gasteiger partial charge in [0.05, 0.1) is 6.10 Å². The average molecular weight is 332 g/mol. The number of hydrogen-bond acceptors (Lipinski definition) is 3. The van der Waals surface area contributed by atoms with Gasteiger partial charge in [0.1, 0.15) is 0 Å². The summed E-state index contributed by atoms with van der Waals surface area (Å²) >= 11 is 5.27. The van der Waals surface area contributed by atoms with E-state index >= 15 is 0 Å². The van der Waals surface area contributed by atoms with Crippen LogP contribution in [-0.4, -0.2) is 35.4 Å². The van der Waals surface area contributed by atoms with Crippen LogP contribution in [0.15, 0.2) is 27.6 Å². The normalized spacial score (nSPS) is 13.0. The third-order valence-corrected chi connectivity index (χ3v) is 4.54. The van der Waals surface area contributed by atoms with Crippen molar-refractivity contribution < 1.29 is 5.11 Å². The fraction of sp³-hybridized carbons (Fsp3) is 0.571. The van der Waals surface area contributed by atoms with Crippen molar-refractivity contribution in [3.05, 3.63) is 28.2 Å². The van der Waals surface area contributed by atoms with Gasteiger partial charge in [-0.1, -0.05) is 29.8 Å². The van der Waals surface area contributed by atoms with Gasteiger partial charge in [-0.05, 0) is 43.8 Å². The Hall–Kier alpha value is -0.0300. The molecule has 0 amide bonds. The first-order chi connectivity index (χ1) is 8.58. The van der Waals surface area contributed by atoms with Gasteiger partial charge < -0.3 is 10.0 Å². The molecule has 0 aromatic heterocycles. The van der Waals surface area contributed by atoms with Crippen LogP contribution in [0, 0.1) is 0 Å². The molecule has 1 N–H and O–H groups in total. The molecule has 1 unspecified atom stereocenters. The van der Waals surface area contributed by atoms with Gasteiger partial charge in [0, 0.05) is 21.7 Å². The maximum Gasteiger partial charge on any atom is 0.0773 e. The molecular weight excluding hydrogens is 310 g/mol. The number of hydrogen-bond donors (Lipinski definition) is 1. The number of benzene rings is 1. The molecule has 1 atom stereocenters. The summed E-state index contributed by atoms with van der Waals surface area (Å²) in [5.74, 6) is 1.06. The molecule has 0 spiro atoms. The van der Waals surface area contributed by atoms with E-state index < -0.39 is 6.10 Å². The standard InChI is InChI=1S/C14H22BrNOS/c1-4-16(5-2)8-9-18-14-7-6-12(15)10-13(14)11(3)17/h6-7,10-11,17H,4-5,8-9H2,1-3H3. The van der Waals surface area contributed by atoms with Gasteiger partial charge in [-0.3, -0.25) is 0 Å². The Morgan fingerprint density at radius 2 is 2.00 bits per heavy atom. The van der Waals surface area contributed by atoms with Crippen LogP contribution >= 0.6 is 27.7 Å². The smallest absolute Gasteiger partial charge is 0.0773 e. The van der Waals surface area contributed by atoms with E-state index in [0.29, 0.717) is 0 Å². The third kappa shape index (κ3) is 4.92. The Balaban J connectivity index is 2.61. The third-order valence-electron chi connectivity index (χ3n) is 2.98. The average Bonchev–Trinajstić information content (AvgIpc) is 2.36. The Morgan fingerprint density at radius 3 is 2.56 bits per heavy atom. The molecule has 0 fully saturated rings. The summed E-state index contributed by atoms with van der Waals surface area (Å²) in [6.45, 7) is 9.48. The first-order valence-corrected chi connectivity index (χ1v) is 8.19. The second kappa shape index (κ2) is 8.20. The molecule has 0 aliphatic heterocycles. The van der Waals surface area contributed by atoms with Crippen LogP contribution in [0.3, 0.4) is 0 Å². The fourth-order valence-corrected chi connectivity index (χ4v) is 3.31. The second-order valence-electron chi connectivity index (χ2n) is 4.23. The lowest BCUT2D eigenvalue weighted by Crippen LogP contribution is -2.25. The molecule has 4 heteroatoms. The van der Waals surface area contributed by atoms with Gasteiger partial charge >= 0.3 is 0 Å². The van der Waals surface area contributed by atoms with Gasteiger partial charge in [0.2, 0.25) is 0 Å². The maximum atomic E-state index is 9.79. The van der Waals surface area contributed by atoms with Gasteiger partial charge in [0.15, 0.2) is 0 Å². The highest BCUT2D eigenvalue weighted by Gasteiger charge is 2.09. The maximum absolute atomic E-state index is 9.79. The molecule has 102 valence electrons. The molecular formula is C14H22BrNOS. The molecule has 1 rings (SSSR count). The van der Waals surface area contributed by atoms with E-state index in [2.05, 4.69) is 40.7 Å². The lowest BCUT2D eigenvalue weighted by atomic mass is 10.1. The van der Waals surface area contributed by atoms with E-state index in [1.54, 1.807) is 0 Å². The Labute approximate surface area is 123 Å². The van der Waals surface area contributed by atoms with Crippen molar-refractivity contribution in [2.75, 3.05) is 25.4 Å². The molecule has 1 aromatic rings. The first-order valence-electron chi connectivity index (χ1n) is 6.41. The zero-order valence-corrected chi connectivity index (χ0v) is 13.7. The van der Waals surface area contributed by atoms with Crippen LogP contribution in [0.1, 0.15) is 32.4 Å². The highest BCUT2D eigenvalue weighted by molar-refractivity contribution is 9.10. The Kier molecular flexibility index (Phi) is 7.30. The van der Waals surface area contributed by atoms with Crippen LogP contribution in [0.25, 0.3) is 0 Å². The first kappa shape index (κ1) is 16.0. The second-order valence-corrected chi connectivity index (χ2v) is 6.29. The van der Waals surface area contributed by atoms with Crippen LogP contribution < -0.4 is 0 Å². The van der Waals surface area contributed by atoms with Gasteiger partial charge in [-0.15, -0.1) is 11.8 Å². The van der Waals surface area contributed by atoms with Gasteiger partial charge in [-0.2, -0.15) is 0 Å². The van der Waals surface area contributed by atoms with Gasteiger partial charge in [0.25, 0.3) is 0 Å². The van der Waals surface area contributed by atoms with Crippen molar-refractivity contribution in [1.29, 1.82) is 0 Å². The van der Waals surface area contributed by atoms with Crippen LogP contribution in [-0.2, 0) is 0 Å². The van der Waals surface area contributed by atoms with Crippen molar-refractivity contribution in [1.82, 2.24) is 4.90 Å². The molecule has 1 aromatic carbocycles. The SMILES string of the molecule is CCN(CC)CCSc1ccc(Br)cc1C(C)O. The Bertz CT molecular complexity index is 367. The molecule has 0 aliphatic carbocycles. The zero-order valence-electron chi connectivity index (χ0n) is 11.3. The van der Waals surface area contributed by atoms with Crippen LogP contribution in [0.5, 0.6) is 0 Å². The van der Waals surface area contributed by atoms with Crippen molar-refractivity contribution in [2.45, 2.75) is 31.8 Å². The fourth-order valence-electron chi connectivity index (χ4n) is 1.80. The van der Waals surface area contributed by atoms with E-state index in [4.69, 9.17) is 0 Å². The van der Waals surface area contributed by atoms with E-state index in [-0.39, 0.29) is 0 Å². The Morgan fingerprint density at radius 1 is 1.33 bits per heavy atom. The summed E-state index contributed by atoms with van der Waals surface area (Å²) in [6, 6.07) is 6.12. The zero-order chi connectivity index (χ0) is 13.5. The summed E-state index contributed by atoms with van der Waals surface area (Å²) in [7, 11) is 0. The van der Waals surface area contributed by atoms with E-state index in [9.17, 15) is 5.11 Å². The summed E-state index contributed by atoms with van der Waals surface area (Å²) in [4.78, 5) is 3.59. The van der Waals surface area contributed by atoms with E-state index in [1.165, 1.54) is 4.90 Å². The quantitative estimate of drug-likeness (QED) is 0.765. The minimum atomic E-state index is -0.418. The molecule has 0 heterocycles. The highest BCUT2D eigenvalue weighted by Crippen LogP contribution is 2.30. The predicted octanol–water partition coefficient (Wildman–Crippen LogP) is 3.94. The number of nitrogens with zero attached hydrogens (tertiary/aromatic N) is 1. The van der Waals surface area contributed by atoms with E-state index in [0.717, 1.165) is 35.4 Å². The highest BCUT2D eigenvalue weighted by atomic mass is 79.9. The van der Waals surface area contributed by atoms with Crippen molar-refractivity contribution in [3.63, 3.8) is 0 Å². The van der Waals surface area contributed by atoms with E-state index in [1.807, 2.05) is 30.8 Å². The predicted molar refractivity (Wildman–Crippen MR) is 83.3 cm³/mol. The molecule has 0 saturated carbocycles. The molecule has 0 aliphatic rings. The summed E-state index contributed by atoms with van der Waals surface area (Å²) in [5, 5.41) is 9.79. The molecule has 18 heavy (non-hydrogen) atoms. The van der Waals surface area contributed by atoms with Crippen molar-refractivity contribution in [3.8, 4) is 0 Å². The minimum Gasteiger partial charge on any atom is -0.389 e. The van der Waals surface area contributed by atoms with Gasteiger partial charge in [-0.25, -0.2) is 0 Å². The molecule has 0 radical (unpaired) electrons. The number of aliphatic hydroxyl groups excluding tert-OH is 1. The lowest BCUT2D eigenvalue weighted by Gasteiger charge is -2.18. The number of thioether (sulfide) groups is 1. The summed E-state index contributed by atoms with van der Waals surface area (Å²) < 4.78 is 1.02. The molecule has 0 saturated heterocycles. The van der Waals surface area contributed by atoms with Crippen molar-refractivity contribution >= 4 is 27.7 Å². The van der Waals surface area contributed by atoms with Crippen molar-refractivity contribution in [2.24, 2.45) is 0 Å².